The van der Waals surface area contributed by atoms with E-state index in [0.717, 1.165) is 16.7 Å². The van der Waals surface area contributed by atoms with Gasteiger partial charge >= 0.3 is 0 Å². The van der Waals surface area contributed by atoms with Crippen LogP contribution in [0.5, 0.6) is 0 Å². The molecule has 6 heteroatoms. The second kappa shape index (κ2) is 6.92. The maximum absolute atomic E-state index is 13.3. The van der Waals surface area contributed by atoms with E-state index in [1.165, 1.54) is 11.3 Å². The fourth-order valence-electron chi connectivity index (χ4n) is 3.96. The SMILES string of the molecule is [C-]#[N+]c1ccc([C@H]2c3cc(C#N)ccc3C[C@@]2(C)C(=O)Nc2nccs2)cc1. The van der Waals surface area contributed by atoms with Crippen molar-refractivity contribution >= 4 is 28.1 Å². The molecule has 1 aliphatic rings. The summed E-state index contributed by atoms with van der Waals surface area (Å²) in [6.45, 7) is 9.12. The van der Waals surface area contributed by atoms with Gasteiger partial charge in [-0.05, 0) is 42.2 Å². The van der Waals surface area contributed by atoms with Gasteiger partial charge in [0.15, 0.2) is 10.8 Å². The van der Waals surface area contributed by atoms with Crippen LogP contribution in [0.4, 0.5) is 10.8 Å². The number of nitrogens with zero attached hydrogens (tertiary/aromatic N) is 3. The van der Waals surface area contributed by atoms with Crippen molar-refractivity contribution in [2.24, 2.45) is 5.41 Å². The summed E-state index contributed by atoms with van der Waals surface area (Å²) in [5.41, 5.74) is 3.41. The summed E-state index contributed by atoms with van der Waals surface area (Å²) in [5, 5.41) is 14.7. The van der Waals surface area contributed by atoms with E-state index in [9.17, 15) is 10.1 Å². The summed E-state index contributed by atoms with van der Waals surface area (Å²) in [7, 11) is 0. The van der Waals surface area contributed by atoms with Gasteiger partial charge in [-0.15, -0.1) is 11.3 Å². The lowest BCUT2D eigenvalue weighted by molar-refractivity contribution is -0.125. The Labute approximate surface area is 167 Å². The number of aromatic nitrogens is 1. The van der Waals surface area contributed by atoms with Gasteiger partial charge in [0.2, 0.25) is 5.91 Å². The largest absolute Gasteiger partial charge is 0.301 e. The molecule has 28 heavy (non-hydrogen) atoms. The van der Waals surface area contributed by atoms with Crippen LogP contribution in [0.15, 0.2) is 54.0 Å². The minimum absolute atomic E-state index is 0.101. The molecule has 2 aromatic carbocycles. The molecule has 0 bridgehead atoms. The summed E-state index contributed by atoms with van der Waals surface area (Å²) in [6, 6.07) is 15.2. The van der Waals surface area contributed by atoms with Crippen LogP contribution in [-0.4, -0.2) is 10.9 Å². The molecule has 136 valence electrons. The van der Waals surface area contributed by atoms with Gasteiger partial charge in [-0.3, -0.25) is 4.79 Å². The fourth-order valence-corrected chi connectivity index (χ4v) is 4.48. The Morgan fingerprint density at radius 2 is 2.14 bits per heavy atom. The average molecular weight is 384 g/mol. The number of hydrogen-bond donors (Lipinski definition) is 1. The highest BCUT2D eigenvalue weighted by Crippen LogP contribution is 2.51. The number of thiazole rings is 1. The topological polar surface area (TPSA) is 70.1 Å². The van der Waals surface area contributed by atoms with Gasteiger partial charge in [0.05, 0.1) is 23.6 Å². The number of carbonyl (C=O) groups excluding carboxylic acids is 1. The van der Waals surface area contributed by atoms with Crippen molar-refractivity contribution in [2.45, 2.75) is 19.3 Å². The first-order valence-corrected chi connectivity index (χ1v) is 9.64. The maximum atomic E-state index is 13.3. The first-order valence-electron chi connectivity index (χ1n) is 8.76. The van der Waals surface area contributed by atoms with Gasteiger partial charge in [0.1, 0.15) is 0 Å². The zero-order chi connectivity index (χ0) is 19.7. The van der Waals surface area contributed by atoms with Crippen molar-refractivity contribution in [3.05, 3.63) is 87.7 Å². The molecule has 4 rings (SSSR count). The van der Waals surface area contributed by atoms with E-state index in [1.54, 1.807) is 24.4 Å². The highest BCUT2D eigenvalue weighted by molar-refractivity contribution is 7.13. The van der Waals surface area contributed by atoms with Crippen LogP contribution in [-0.2, 0) is 11.2 Å². The fraction of sp³-hybridized carbons (Fsp3) is 0.182. The molecular formula is C22H16N4OS. The third kappa shape index (κ3) is 2.94. The first kappa shape index (κ1) is 17.9. The summed E-state index contributed by atoms with van der Waals surface area (Å²) in [5.74, 6) is -0.313. The van der Waals surface area contributed by atoms with E-state index in [-0.39, 0.29) is 11.8 Å². The average Bonchev–Trinajstić information content (AvgIpc) is 3.33. The molecule has 5 nitrogen and oxygen atoms in total. The number of nitriles is 1. The predicted molar refractivity (Wildman–Crippen MR) is 108 cm³/mol. The quantitative estimate of drug-likeness (QED) is 0.653. The molecule has 0 unspecified atom stereocenters. The summed E-state index contributed by atoms with van der Waals surface area (Å²) < 4.78 is 0. The van der Waals surface area contributed by atoms with Crippen LogP contribution in [0.2, 0.25) is 0 Å². The van der Waals surface area contributed by atoms with Gasteiger partial charge < -0.3 is 5.32 Å². The highest BCUT2D eigenvalue weighted by atomic mass is 32.1. The summed E-state index contributed by atoms with van der Waals surface area (Å²) in [4.78, 5) is 20.9. The number of carbonyl (C=O) groups is 1. The van der Waals surface area contributed by atoms with Crippen LogP contribution in [0.3, 0.4) is 0 Å². The number of amides is 1. The van der Waals surface area contributed by atoms with Crippen LogP contribution >= 0.6 is 11.3 Å². The Bertz CT molecular complexity index is 1120. The van der Waals surface area contributed by atoms with E-state index in [4.69, 9.17) is 6.57 Å². The molecule has 1 aliphatic carbocycles. The highest BCUT2D eigenvalue weighted by Gasteiger charge is 2.49. The number of nitrogens with one attached hydrogen (secondary N) is 1. The number of rotatable bonds is 3. The molecule has 0 fully saturated rings. The van der Waals surface area contributed by atoms with Gasteiger partial charge in [-0.25, -0.2) is 9.83 Å². The van der Waals surface area contributed by atoms with E-state index in [0.29, 0.717) is 22.8 Å². The van der Waals surface area contributed by atoms with Crippen molar-refractivity contribution in [3.8, 4) is 6.07 Å². The third-order valence-corrected chi connectivity index (χ3v) is 6.00. The minimum Gasteiger partial charge on any atom is -0.301 e. The molecule has 0 aliphatic heterocycles. The Morgan fingerprint density at radius 1 is 1.36 bits per heavy atom. The second-order valence-electron chi connectivity index (χ2n) is 7.05. The Hall–Kier alpha value is -3.48. The molecule has 1 N–H and O–H groups in total. The smallest absolute Gasteiger partial charge is 0.233 e. The number of anilines is 1. The lowest BCUT2D eigenvalue weighted by atomic mass is 9.73. The molecular weight excluding hydrogens is 368 g/mol. The Morgan fingerprint density at radius 3 is 2.79 bits per heavy atom. The molecule has 3 aromatic rings. The molecule has 0 saturated heterocycles. The molecule has 1 heterocycles. The standard InChI is InChI=1S/C22H16N4OS/c1-22(20(27)26-21-25-9-10-28-21)12-16-4-3-14(13-23)11-18(16)19(22)15-5-7-17(24-2)8-6-15/h3-11,19H,12H2,1H3,(H,25,26,27)/t19-,22+/m0/s1. The van der Waals surface area contributed by atoms with Gasteiger partial charge in [-0.2, -0.15) is 5.26 Å². The first-order chi connectivity index (χ1) is 13.5. The van der Waals surface area contributed by atoms with Crippen LogP contribution in [0.1, 0.15) is 35.1 Å². The van der Waals surface area contributed by atoms with E-state index < -0.39 is 5.41 Å². The number of hydrogen-bond acceptors (Lipinski definition) is 4. The molecule has 0 radical (unpaired) electrons. The van der Waals surface area contributed by atoms with Crippen molar-refractivity contribution in [3.63, 3.8) is 0 Å². The molecule has 0 saturated carbocycles. The monoisotopic (exact) mass is 384 g/mol. The minimum atomic E-state index is -0.734. The number of benzene rings is 2. The van der Waals surface area contributed by atoms with Gasteiger partial charge in [0, 0.05) is 17.5 Å². The van der Waals surface area contributed by atoms with E-state index >= 15 is 0 Å². The van der Waals surface area contributed by atoms with E-state index in [2.05, 4.69) is 21.2 Å². The summed E-state index contributed by atoms with van der Waals surface area (Å²) in [6.07, 6.45) is 2.23. The van der Waals surface area contributed by atoms with Crippen molar-refractivity contribution in [1.82, 2.24) is 4.98 Å². The van der Waals surface area contributed by atoms with Crippen molar-refractivity contribution < 1.29 is 4.79 Å². The molecule has 0 spiro atoms. The van der Waals surface area contributed by atoms with E-state index in [1.807, 2.05) is 36.6 Å². The van der Waals surface area contributed by atoms with Gasteiger partial charge in [-0.1, -0.05) is 30.3 Å². The summed E-state index contributed by atoms with van der Waals surface area (Å²) >= 11 is 1.38. The van der Waals surface area contributed by atoms with Crippen LogP contribution in [0.25, 0.3) is 4.85 Å². The van der Waals surface area contributed by atoms with Gasteiger partial charge in [0.25, 0.3) is 0 Å². The Balaban J connectivity index is 1.81. The predicted octanol–water partition coefficient (Wildman–Crippen LogP) is 4.90. The Kier molecular flexibility index (Phi) is 4.43. The molecule has 2 atom stereocenters. The second-order valence-corrected chi connectivity index (χ2v) is 7.94. The lowest BCUT2D eigenvalue weighted by Crippen LogP contribution is -2.37. The van der Waals surface area contributed by atoms with Crippen molar-refractivity contribution in [2.75, 3.05) is 5.32 Å². The molecule has 1 amide bonds. The van der Waals surface area contributed by atoms with Crippen LogP contribution < -0.4 is 5.32 Å². The lowest BCUT2D eigenvalue weighted by Gasteiger charge is -2.31. The number of fused-ring (bicyclic) bond motifs is 1. The van der Waals surface area contributed by atoms with Crippen molar-refractivity contribution in [1.29, 1.82) is 5.26 Å². The maximum Gasteiger partial charge on any atom is 0.233 e. The zero-order valence-electron chi connectivity index (χ0n) is 15.1. The third-order valence-electron chi connectivity index (χ3n) is 5.31. The van der Waals surface area contributed by atoms with Crippen LogP contribution in [0, 0.1) is 23.3 Å². The zero-order valence-corrected chi connectivity index (χ0v) is 16.0. The normalized spacial score (nSPS) is 20.0. The molecule has 1 aromatic heterocycles.